The van der Waals surface area contributed by atoms with Gasteiger partial charge in [-0.15, -0.1) is 0 Å². The van der Waals surface area contributed by atoms with E-state index >= 15 is 0 Å². The van der Waals surface area contributed by atoms with Crippen molar-refractivity contribution in [2.24, 2.45) is 17.3 Å². The molecule has 5 rings (SSSR count). The molecule has 4 heteroatoms. The van der Waals surface area contributed by atoms with Crippen LogP contribution in [0.2, 0.25) is 0 Å². The lowest BCUT2D eigenvalue weighted by Gasteiger charge is -2.60. The second-order valence-electron chi connectivity index (χ2n) is 8.33. The normalized spacial score (nSPS) is 36.3. The summed E-state index contributed by atoms with van der Waals surface area (Å²) in [5, 5.41) is 19.6. The maximum absolute atomic E-state index is 12.4. The van der Waals surface area contributed by atoms with Gasteiger partial charge in [-0.05, 0) is 73.5 Å². The molecule has 0 heterocycles. The van der Waals surface area contributed by atoms with E-state index in [0.717, 1.165) is 37.7 Å². The van der Waals surface area contributed by atoms with E-state index in [0.29, 0.717) is 23.8 Å². The Morgan fingerprint density at radius 2 is 1.88 bits per heavy atom. The standard InChI is InChI=1S/C20H23NO3/c21-11-14-1-3-15(4-2-14)12-24-18(22)10-19-6-16-5-17(7-19)9-20(23,8-16)13-19/h1-4,16-17,23H,5-10,12-13H2. The van der Waals surface area contributed by atoms with Gasteiger partial charge in [0.2, 0.25) is 0 Å². The topological polar surface area (TPSA) is 70.3 Å². The van der Waals surface area contributed by atoms with Crippen molar-refractivity contribution >= 4 is 5.97 Å². The smallest absolute Gasteiger partial charge is 0.306 e. The number of hydrogen-bond donors (Lipinski definition) is 1. The predicted molar refractivity (Wildman–Crippen MR) is 87.6 cm³/mol. The lowest BCUT2D eigenvalue weighted by molar-refractivity contribution is -0.177. The summed E-state index contributed by atoms with van der Waals surface area (Å²) in [5.74, 6) is 1.01. The molecule has 4 saturated carbocycles. The summed E-state index contributed by atoms with van der Waals surface area (Å²) in [4.78, 5) is 12.4. The maximum Gasteiger partial charge on any atom is 0.306 e. The van der Waals surface area contributed by atoms with E-state index < -0.39 is 5.60 Å². The van der Waals surface area contributed by atoms with Crippen LogP contribution in [0.5, 0.6) is 0 Å². The number of rotatable bonds is 4. The molecule has 4 nitrogen and oxygen atoms in total. The van der Waals surface area contributed by atoms with Crippen LogP contribution in [0.1, 0.15) is 56.1 Å². The van der Waals surface area contributed by atoms with E-state index in [9.17, 15) is 9.90 Å². The van der Waals surface area contributed by atoms with Crippen molar-refractivity contribution in [2.75, 3.05) is 0 Å². The van der Waals surface area contributed by atoms with Gasteiger partial charge >= 0.3 is 5.97 Å². The zero-order valence-electron chi connectivity index (χ0n) is 13.8. The van der Waals surface area contributed by atoms with Gasteiger partial charge < -0.3 is 9.84 Å². The van der Waals surface area contributed by atoms with E-state index in [2.05, 4.69) is 6.07 Å². The molecule has 126 valence electrons. The summed E-state index contributed by atoms with van der Waals surface area (Å²) in [6, 6.07) is 9.18. The molecule has 0 aromatic heterocycles. The zero-order chi connectivity index (χ0) is 16.8. The van der Waals surface area contributed by atoms with Crippen LogP contribution in [-0.4, -0.2) is 16.7 Å². The summed E-state index contributed by atoms with van der Waals surface area (Å²) in [5.41, 5.74) is 0.927. The first kappa shape index (κ1) is 15.7. The van der Waals surface area contributed by atoms with Crippen LogP contribution in [0.25, 0.3) is 0 Å². The number of nitrogens with zero attached hydrogens (tertiary/aromatic N) is 1. The van der Waals surface area contributed by atoms with Crippen molar-refractivity contribution in [3.8, 4) is 6.07 Å². The Hall–Kier alpha value is -1.86. The third-order valence-electron chi connectivity index (χ3n) is 6.15. The van der Waals surface area contributed by atoms with Gasteiger partial charge in [-0.25, -0.2) is 0 Å². The Bertz CT molecular complexity index is 674. The SMILES string of the molecule is N#Cc1ccc(COC(=O)CC23CC4CC(CC(O)(C4)C2)C3)cc1. The van der Waals surface area contributed by atoms with Crippen LogP contribution in [-0.2, 0) is 16.1 Å². The second-order valence-corrected chi connectivity index (χ2v) is 8.33. The van der Waals surface area contributed by atoms with Crippen LogP contribution in [0.4, 0.5) is 0 Å². The predicted octanol–water partition coefficient (Wildman–Crippen LogP) is 3.32. The average molecular weight is 325 g/mol. The second kappa shape index (κ2) is 5.60. The summed E-state index contributed by atoms with van der Waals surface area (Å²) in [6.45, 7) is 0.248. The maximum atomic E-state index is 12.4. The van der Waals surface area contributed by atoms with E-state index in [1.54, 1.807) is 12.1 Å². The van der Waals surface area contributed by atoms with Crippen molar-refractivity contribution in [3.63, 3.8) is 0 Å². The van der Waals surface area contributed by atoms with Gasteiger partial charge in [0.1, 0.15) is 6.61 Å². The molecule has 4 fully saturated rings. The number of nitriles is 1. The van der Waals surface area contributed by atoms with Crippen LogP contribution in [0.15, 0.2) is 24.3 Å². The molecule has 1 aromatic rings. The molecule has 0 radical (unpaired) electrons. The first-order valence-corrected chi connectivity index (χ1v) is 8.85. The molecule has 0 amide bonds. The largest absolute Gasteiger partial charge is 0.461 e. The molecule has 2 atom stereocenters. The minimum absolute atomic E-state index is 0.0411. The molecular weight excluding hydrogens is 302 g/mol. The fraction of sp³-hybridized carbons (Fsp3) is 0.600. The van der Waals surface area contributed by atoms with Crippen molar-refractivity contribution in [2.45, 2.75) is 57.2 Å². The van der Waals surface area contributed by atoms with E-state index in [4.69, 9.17) is 10.00 Å². The van der Waals surface area contributed by atoms with Crippen LogP contribution >= 0.6 is 0 Å². The Balaban J connectivity index is 1.37. The number of hydrogen-bond acceptors (Lipinski definition) is 4. The number of carbonyl (C=O) groups is 1. The third-order valence-corrected chi connectivity index (χ3v) is 6.15. The summed E-state index contributed by atoms with van der Waals surface area (Å²) < 4.78 is 5.47. The fourth-order valence-electron chi connectivity index (χ4n) is 5.81. The number of ether oxygens (including phenoxy) is 1. The highest BCUT2D eigenvalue weighted by atomic mass is 16.5. The fourth-order valence-corrected chi connectivity index (χ4v) is 5.81. The number of esters is 1. The highest BCUT2D eigenvalue weighted by Crippen LogP contribution is 2.62. The minimum Gasteiger partial charge on any atom is -0.461 e. The Morgan fingerprint density at radius 3 is 2.46 bits per heavy atom. The molecular formula is C20H23NO3. The molecule has 4 bridgehead atoms. The first-order valence-electron chi connectivity index (χ1n) is 8.85. The van der Waals surface area contributed by atoms with Gasteiger partial charge in [-0.3, -0.25) is 4.79 Å². The molecule has 24 heavy (non-hydrogen) atoms. The Labute approximate surface area is 142 Å². The van der Waals surface area contributed by atoms with Gasteiger partial charge in [0.05, 0.1) is 23.7 Å². The van der Waals surface area contributed by atoms with Crippen molar-refractivity contribution in [1.29, 1.82) is 5.26 Å². The van der Waals surface area contributed by atoms with Crippen LogP contribution in [0, 0.1) is 28.6 Å². The molecule has 4 aliphatic carbocycles. The highest BCUT2D eigenvalue weighted by Gasteiger charge is 2.57. The van der Waals surface area contributed by atoms with Gasteiger partial charge in [0, 0.05) is 0 Å². The van der Waals surface area contributed by atoms with Crippen molar-refractivity contribution < 1.29 is 14.6 Å². The zero-order valence-corrected chi connectivity index (χ0v) is 13.8. The van der Waals surface area contributed by atoms with E-state index in [-0.39, 0.29) is 18.0 Å². The first-order chi connectivity index (χ1) is 11.5. The monoisotopic (exact) mass is 325 g/mol. The van der Waals surface area contributed by atoms with E-state index in [1.165, 1.54) is 6.42 Å². The number of aliphatic hydroxyl groups is 1. The third kappa shape index (κ3) is 2.93. The summed E-state index contributed by atoms with van der Waals surface area (Å²) in [6.07, 6.45) is 6.40. The molecule has 0 saturated heterocycles. The number of carbonyl (C=O) groups excluding carboxylic acids is 1. The summed E-state index contributed by atoms with van der Waals surface area (Å²) in [7, 11) is 0. The molecule has 2 unspecified atom stereocenters. The quantitative estimate of drug-likeness (QED) is 0.862. The lowest BCUT2D eigenvalue weighted by Crippen LogP contribution is -2.56. The van der Waals surface area contributed by atoms with Gasteiger partial charge in [-0.1, -0.05) is 12.1 Å². The van der Waals surface area contributed by atoms with Crippen LogP contribution in [0.3, 0.4) is 0 Å². The average Bonchev–Trinajstić information content (AvgIpc) is 2.50. The van der Waals surface area contributed by atoms with Crippen molar-refractivity contribution in [1.82, 2.24) is 0 Å². The Kier molecular flexibility index (Phi) is 3.65. The van der Waals surface area contributed by atoms with Crippen molar-refractivity contribution in [3.05, 3.63) is 35.4 Å². The van der Waals surface area contributed by atoms with Gasteiger partial charge in [0.25, 0.3) is 0 Å². The summed E-state index contributed by atoms with van der Waals surface area (Å²) >= 11 is 0. The Morgan fingerprint density at radius 1 is 1.21 bits per heavy atom. The molecule has 1 aromatic carbocycles. The minimum atomic E-state index is -0.530. The van der Waals surface area contributed by atoms with Gasteiger partial charge in [-0.2, -0.15) is 5.26 Å². The van der Waals surface area contributed by atoms with E-state index in [1.807, 2.05) is 12.1 Å². The van der Waals surface area contributed by atoms with Gasteiger partial charge in [0.15, 0.2) is 0 Å². The van der Waals surface area contributed by atoms with Crippen LogP contribution < -0.4 is 0 Å². The highest BCUT2D eigenvalue weighted by molar-refractivity contribution is 5.70. The lowest BCUT2D eigenvalue weighted by atomic mass is 9.47. The molecule has 4 aliphatic rings. The molecule has 0 aliphatic heterocycles. The molecule has 0 spiro atoms. The number of benzene rings is 1. The molecule has 1 N–H and O–H groups in total.